The Morgan fingerprint density at radius 3 is 2.67 bits per heavy atom. The van der Waals surface area contributed by atoms with Crippen LogP contribution in [-0.4, -0.2) is 27.1 Å². The van der Waals surface area contributed by atoms with Gasteiger partial charge >= 0.3 is 5.97 Å². The number of nitrogens with zero attached hydrogens (tertiary/aromatic N) is 2. The fraction of sp³-hybridized carbons (Fsp3) is 0.167. The molecule has 0 saturated heterocycles. The molecular weight excluding hydrogens is 184 g/mol. The summed E-state index contributed by atoms with van der Waals surface area (Å²) in [5, 5.41) is 12.1. The van der Waals surface area contributed by atoms with Crippen LogP contribution in [0, 0.1) is 0 Å². The number of hydrogen-bond acceptors (Lipinski definition) is 3. The molecule has 0 spiro atoms. The molecule has 0 aliphatic heterocycles. The molecule has 5 nitrogen and oxygen atoms in total. The summed E-state index contributed by atoms with van der Waals surface area (Å²) < 4.78 is 1.13. The zero-order valence-electron chi connectivity index (χ0n) is 6.11. The number of rotatable bonds is 2. The third kappa shape index (κ3) is 1.18. The lowest BCUT2D eigenvalue weighted by Crippen LogP contribution is -2.01. The Bertz CT molecular complexity index is 345. The Labute approximate surface area is 72.6 Å². The Balaban J connectivity index is 3.39. The molecule has 64 valence electrons. The average Bonchev–Trinajstić information content (AvgIpc) is 2.29. The highest BCUT2D eigenvalue weighted by molar-refractivity contribution is 6.32. The molecule has 0 unspecified atom stereocenters. The van der Waals surface area contributed by atoms with Gasteiger partial charge in [0.15, 0.2) is 12.0 Å². The van der Waals surface area contributed by atoms with Gasteiger partial charge < -0.3 is 5.11 Å². The molecule has 0 bridgehead atoms. The van der Waals surface area contributed by atoms with E-state index in [0.717, 1.165) is 4.68 Å². The minimum atomic E-state index is -1.26. The summed E-state index contributed by atoms with van der Waals surface area (Å²) in [4.78, 5) is 20.8. The fourth-order valence-electron chi connectivity index (χ4n) is 0.782. The normalized spacial score (nSPS) is 9.83. The smallest absolute Gasteiger partial charge is 0.357 e. The molecular formula is C6H5ClN2O3. The standard InChI is InChI=1S/C6H5ClN2O3/c1-9-5(7)3(2-10)4(8-9)6(11)12/h2H,1H3,(H,11,12). The van der Waals surface area contributed by atoms with Crippen molar-refractivity contribution in [3.63, 3.8) is 0 Å². The highest BCUT2D eigenvalue weighted by Crippen LogP contribution is 2.16. The summed E-state index contributed by atoms with van der Waals surface area (Å²) in [5.41, 5.74) is -0.413. The number of halogens is 1. The maximum Gasteiger partial charge on any atom is 0.357 e. The number of aromatic carboxylic acids is 1. The molecule has 1 heterocycles. The van der Waals surface area contributed by atoms with Crippen molar-refractivity contribution >= 4 is 23.9 Å². The van der Waals surface area contributed by atoms with Crippen molar-refractivity contribution in [3.8, 4) is 0 Å². The Kier molecular flexibility index (Phi) is 2.14. The van der Waals surface area contributed by atoms with E-state index in [9.17, 15) is 9.59 Å². The van der Waals surface area contributed by atoms with E-state index < -0.39 is 5.97 Å². The van der Waals surface area contributed by atoms with E-state index in [1.165, 1.54) is 7.05 Å². The lowest BCUT2D eigenvalue weighted by molar-refractivity contribution is 0.0687. The number of aromatic nitrogens is 2. The Morgan fingerprint density at radius 2 is 2.33 bits per heavy atom. The molecule has 0 radical (unpaired) electrons. The monoisotopic (exact) mass is 188 g/mol. The van der Waals surface area contributed by atoms with Crippen molar-refractivity contribution in [2.75, 3.05) is 0 Å². The molecule has 0 aromatic carbocycles. The van der Waals surface area contributed by atoms with E-state index in [0.29, 0.717) is 6.29 Å². The molecule has 0 atom stereocenters. The van der Waals surface area contributed by atoms with E-state index in [1.807, 2.05) is 0 Å². The first-order valence-electron chi connectivity index (χ1n) is 2.99. The lowest BCUT2D eigenvalue weighted by atomic mass is 10.3. The molecule has 0 saturated carbocycles. The van der Waals surface area contributed by atoms with Crippen molar-refractivity contribution in [3.05, 3.63) is 16.4 Å². The van der Waals surface area contributed by atoms with Crippen LogP contribution in [0.4, 0.5) is 0 Å². The number of carboxylic acids is 1. The van der Waals surface area contributed by atoms with E-state index >= 15 is 0 Å². The molecule has 0 amide bonds. The average molecular weight is 189 g/mol. The van der Waals surface area contributed by atoms with Crippen LogP contribution >= 0.6 is 11.6 Å². The van der Waals surface area contributed by atoms with E-state index in [2.05, 4.69) is 5.10 Å². The van der Waals surface area contributed by atoms with Gasteiger partial charge in [-0.1, -0.05) is 11.6 Å². The minimum Gasteiger partial charge on any atom is -0.476 e. The predicted octanol–water partition coefficient (Wildman–Crippen LogP) is 0.584. The van der Waals surface area contributed by atoms with Crippen LogP contribution < -0.4 is 0 Å². The third-order valence-corrected chi connectivity index (χ3v) is 1.78. The van der Waals surface area contributed by atoms with Crippen LogP contribution in [0.15, 0.2) is 0 Å². The number of aryl methyl sites for hydroxylation is 1. The highest BCUT2D eigenvalue weighted by atomic mass is 35.5. The Hall–Kier alpha value is -1.36. The number of carbonyl (C=O) groups excluding carboxylic acids is 1. The van der Waals surface area contributed by atoms with Crippen molar-refractivity contribution in [1.82, 2.24) is 9.78 Å². The third-order valence-electron chi connectivity index (χ3n) is 1.33. The summed E-state index contributed by atoms with van der Waals surface area (Å²) in [6.45, 7) is 0. The van der Waals surface area contributed by atoms with Gasteiger partial charge in [0.05, 0.1) is 5.56 Å². The molecule has 0 fully saturated rings. The van der Waals surface area contributed by atoms with E-state index in [-0.39, 0.29) is 16.4 Å². The first kappa shape index (κ1) is 8.73. The first-order chi connectivity index (χ1) is 5.57. The van der Waals surface area contributed by atoms with Gasteiger partial charge in [-0.05, 0) is 0 Å². The summed E-state index contributed by atoms with van der Waals surface area (Å²) >= 11 is 5.56. The number of carbonyl (C=O) groups is 2. The number of carboxylic acid groups (broad SMARTS) is 1. The van der Waals surface area contributed by atoms with Crippen molar-refractivity contribution < 1.29 is 14.7 Å². The minimum absolute atomic E-state index is 0.0300. The van der Waals surface area contributed by atoms with Gasteiger partial charge in [-0.3, -0.25) is 9.48 Å². The largest absolute Gasteiger partial charge is 0.476 e. The fourth-order valence-corrected chi connectivity index (χ4v) is 0.954. The van der Waals surface area contributed by atoms with Gasteiger partial charge in [-0.25, -0.2) is 4.79 Å². The van der Waals surface area contributed by atoms with Crippen LogP contribution in [0.5, 0.6) is 0 Å². The van der Waals surface area contributed by atoms with Gasteiger partial charge in [0.1, 0.15) is 5.15 Å². The number of hydrogen-bond donors (Lipinski definition) is 1. The molecule has 1 rings (SSSR count). The number of aldehydes is 1. The van der Waals surface area contributed by atoms with Gasteiger partial charge in [0, 0.05) is 7.05 Å². The lowest BCUT2D eigenvalue weighted by Gasteiger charge is -1.87. The molecule has 0 aliphatic carbocycles. The quantitative estimate of drug-likeness (QED) is 0.690. The second-order valence-corrected chi connectivity index (χ2v) is 2.46. The van der Waals surface area contributed by atoms with Gasteiger partial charge in [0.2, 0.25) is 0 Å². The predicted molar refractivity (Wildman–Crippen MR) is 40.6 cm³/mol. The Morgan fingerprint density at radius 1 is 1.75 bits per heavy atom. The zero-order valence-corrected chi connectivity index (χ0v) is 6.87. The summed E-state index contributed by atoms with van der Waals surface area (Å²) in [6, 6.07) is 0. The van der Waals surface area contributed by atoms with Gasteiger partial charge in [-0.15, -0.1) is 0 Å². The first-order valence-corrected chi connectivity index (χ1v) is 3.36. The zero-order chi connectivity index (χ0) is 9.30. The second kappa shape index (κ2) is 2.94. The topological polar surface area (TPSA) is 72.2 Å². The molecule has 1 aromatic heterocycles. The SMILES string of the molecule is Cn1nc(C(=O)O)c(C=O)c1Cl. The summed E-state index contributed by atoms with van der Waals surface area (Å²) in [6.07, 6.45) is 0.374. The van der Waals surface area contributed by atoms with Crippen molar-refractivity contribution in [2.24, 2.45) is 7.05 Å². The molecule has 1 N–H and O–H groups in total. The van der Waals surface area contributed by atoms with Crippen LogP contribution in [0.25, 0.3) is 0 Å². The molecule has 12 heavy (non-hydrogen) atoms. The molecule has 1 aromatic rings. The summed E-state index contributed by atoms with van der Waals surface area (Å²) in [7, 11) is 1.46. The molecule has 0 aliphatic rings. The van der Waals surface area contributed by atoms with Gasteiger partial charge in [0.25, 0.3) is 0 Å². The van der Waals surface area contributed by atoms with Crippen LogP contribution in [0.1, 0.15) is 20.8 Å². The van der Waals surface area contributed by atoms with Crippen LogP contribution in [-0.2, 0) is 7.05 Å². The van der Waals surface area contributed by atoms with Gasteiger partial charge in [-0.2, -0.15) is 5.10 Å². The maximum absolute atomic E-state index is 10.5. The van der Waals surface area contributed by atoms with Crippen LogP contribution in [0.2, 0.25) is 5.15 Å². The van der Waals surface area contributed by atoms with Crippen molar-refractivity contribution in [1.29, 1.82) is 0 Å². The van der Waals surface area contributed by atoms with E-state index in [4.69, 9.17) is 16.7 Å². The van der Waals surface area contributed by atoms with Crippen LogP contribution in [0.3, 0.4) is 0 Å². The van der Waals surface area contributed by atoms with E-state index in [1.54, 1.807) is 0 Å². The summed E-state index contributed by atoms with van der Waals surface area (Å²) in [5.74, 6) is -1.26. The maximum atomic E-state index is 10.5. The molecule has 6 heteroatoms. The second-order valence-electron chi connectivity index (χ2n) is 2.10. The highest BCUT2D eigenvalue weighted by Gasteiger charge is 2.18. The van der Waals surface area contributed by atoms with Crippen molar-refractivity contribution in [2.45, 2.75) is 0 Å².